The molecule has 0 nitrogen and oxygen atoms in total. The highest BCUT2D eigenvalue weighted by molar-refractivity contribution is 5.83. The van der Waals surface area contributed by atoms with Gasteiger partial charge in [-0.15, -0.1) is 0 Å². The molecule has 2 aromatic rings. The molecule has 0 heteroatoms. The minimum Gasteiger partial charge on any atom is -0.0763 e. The van der Waals surface area contributed by atoms with Crippen molar-refractivity contribution in [2.24, 2.45) is 0 Å². The van der Waals surface area contributed by atoms with Crippen LogP contribution in [0.25, 0.3) is 22.4 Å². The van der Waals surface area contributed by atoms with Gasteiger partial charge < -0.3 is 0 Å². The predicted molar refractivity (Wildman–Crippen MR) is 77.3 cm³/mol. The Morgan fingerprint density at radius 2 is 1.59 bits per heavy atom. The second-order valence-corrected chi connectivity index (χ2v) is 4.31. The van der Waals surface area contributed by atoms with Gasteiger partial charge in [-0.3, -0.25) is 0 Å². The molecule has 0 unspecified atom stereocenters. The first kappa shape index (κ1) is 11.9. The molecule has 0 aromatic heterocycles. The van der Waals surface area contributed by atoms with Crippen LogP contribution in [0, 0.1) is 0 Å². The van der Waals surface area contributed by atoms with Crippen molar-refractivity contribution in [1.29, 1.82) is 0 Å². The zero-order valence-electron chi connectivity index (χ0n) is 11.0. The van der Waals surface area contributed by atoms with E-state index >= 15 is 0 Å². The summed E-state index contributed by atoms with van der Waals surface area (Å²) in [5.41, 5.74) is 1.53. The molecule has 0 fully saturated rings. The van der Waals surface area contributed by atoms with Crippen molar-refractivity contribution in [3.63, 3.8) is 0 Å². The lowest BCUT2D eigenvalue weighted by Crippen LogP contribution is -2.28. The molecule has 17 heavy (non-hydrogen) atoms. The summed E-state index contributed by atoms with van der Waals surface area (Å²) in [6.07, 6.45) is 4.76. The molecule has 88 valence electrons. The van der Waals surface area contributed by atoms with Gasteiger partial charge in [0.2, 0.25) is 0 Å². The Morgan fingerprint density at radius 1 is 0.941 bits per heavy atom. The molecular weight excluding hydrogens is 204 g/mol. The quantitative estimate of drug-likeness (QED) is 0.641. The second-order valence-electron chi connectivity index (χ2n) is 4.31. The molecule has 0 saturated heterocycles. The van der Waals surface area contributed by atoms with Gasteiger partial charge >= 0.3 is 0 Å². The van der Waals surface area contributed by atoms with Gasteiger partial charge in [0, 0.05) is 0 Å². The largest absolute Gasteiger partial charge is 0.0763 e. The number of hydrogen-bond acceptors (Lipinski definition) is 0. The van der Waals surface area contributed by atoms with Crippen LogP contribution in [0.1, 0.15) is 33.6 Å². The smallest absolute Gasteiger partial charge is 0.0178 e. The van der Waals surface area contributed by atoms with E-state index in [1.54, 1.807) is 0 Å². The molecule has 2 aromatic carbocycles. The summed E-state index contributed by atoms with van der Waals surface area (Å²) in [5, 5.41) is 5.56. The third-order valence-electron chi connectivity index (χ3n) is 3.26. The molecule has 0 atom stereocenters. The maximum absolute atomic E-state index is 2.36. The minimum atomic E-state index is 1.19. The second kappa shape index (κ2) is 5.18. The average molecular weight is 224 g/mol. The monoisotopic (exact) mass is 224 g/mol. The topological polar surface area (TPSA) is 0 Å². The van der Waals surface area contributed by atoms with Crippen LogP contribution in [0.15, 0.2) is 36.4 Å². The molecular formula is C17H20. The first-order chi connectivity index (χ1) is 8.34. The van der Waals surface area contributed by atoms with Crippen LogP contribution in [0.3, 0.4) is 0 Å². The van der Waals surface area contributed by atoms with E-state index in [9.17, 15) is 0 Å². The van der Waals surface area contributed by atoms with Gasteiger partial charge in [0.05, 0.1) is 0 Å². The van der Waals surface area contributed by atoms with Crippen LogP contribution in [-0.2, 0) is 0 Å². The summed E-state index contributed by atoms with van der Waals surface area (Å²) in [7, 11) is 0. The van der Waals surface area contributed by atoms with Crippen molar-refractivity contribution in [1.82, 2.24) is 0 Å². The van der Waals surface area contributed by atoms with Crippen LogP contribution < -0.4 is 10.4 Å². The van der Waals surface area contributed by atoms with Gasteiger partial charge in [0.15, 0.2) is 0 Å². The molecule has 0 heterocycles. The van der Waals surface area contributed by atoms with Crippen LogP contribution in [0.5, 0.6) is 0 Å². The molecule has 1 aliphatic rings. The average Bonchev–Trinajstić information content (AvgIpc) is 2.40. The maximum Gasteiger partial charge on any atom is -0.0178 e. The van der Waals surface area contributed by atoms with Crippen molar-refractivity contribution in [3.05, 3.63) is 46.8 Å². The summed E-state index contributed by atoms with van der Waals surface area (Å²) >= 11 is 0. The van der Waals surface area contributed by atoms with Gasteiger partial charge in [0.1, 0.15) is 0 Å². The SMILES string of the molecule is CC.CC1=c2cc3ccccc3cc2=CCC1. The van der Waals surface area contributed by atoms with Crippen LogP contribution in [-0.4, -0.2) is 0 Å². The maximum atomic E-state index is 2.36. The molecule has 0 amide bonds. The summed E-state index contributed by atoms with van der Waals surface area (Å²) < 4.78 is 0. The summed E-state index contributed by atoms with van der Waals surface area (Å²) in [5.74, 6) is 0. The Hall–Kier alpha value is -1.56. The number of rotatable bonds is 0. The van der Waals surface area contributed by atoms with Crippen molar-refractivity contribution in [2.75, 3.05) is 0 Å². The molecule has 0 aliphatic heterocycles. The molecule has 3 rings (SSSR count). The Kier molecular flexibility index (Phi) is 3.63. The van der Waals surface area contributed by atoms with E-state index in [1.807, 2.05) is 13.8 Å². The summed E-state index contributed by atoms with van der Waals surface area (Å²) in [4.78, 5) is 0. The van der Waals surface area contributed by atoms with Crippen LogP contribution >= 0.6 is 0 Å². The zero-order chi connectivity index (χ0) is 12.3. The van der Waals surface area contributed by atoms with E-state index in [0.29, 0.717) is 0 Å². The zero-order valence-corrected chi connectivity index (χ0v) is 11.0. The highest BCUT2D eigenvalue weighted by Gasteiger charge is 2.01. The molecule has 0 spiro atoms. The molecule has 0 N–H and O–H groups in total. The van der Waals surface area contributed by atoms with E-state index in [1.165, 1.54) is 39.6 Å². The highest BCUT2D eigenvalue weighted by atomic mass is 14.1. The van der Waals surface area contributed by atoms with Crippen molar-refractivity contribution < 1.29 is 0 Å². The molecule has 0 radical (unpaired) electrons. The van der Waals surface area contributed by atoms with Crippen LogP contribution in [0.2, 0.25) is 0 Å². The third kappa shape index (κ3) is 2.26. The van der Waals surface area contributed by atoms with Gasteiger partial charge in [0.25, 0.3) is 0 Å². The van der Waals surface area contributed by atoms with Crippen molar-refractivity contribution in [3.8, 4) is 0 Å². The Morgan fingerprint density at radius 3 is 2.29 bits per heavy atom. The minimum absolute atomic E-state index is 1.19. The van der Waals surface area contributed by atoms with Crippen molar-refractivity contribution in [2.45, 2.75) is 33.6 Å². The number of fused-ring (bicyclic) bond motifs is 2. The standard InChI is InChI=1S/C15H14.C2H6/c1-11-5-4-8-14-9-12-6-2-3-7-13(12)10-15(11)14;1-2/h2-3,6-10H,4-5H2,1H3;1-2H3. The first-order valence-electron chi connectivity index (χ1n) is 6.53. The van der Waals surface area contributed by atoms with E-state index in [-0.39, 0.29) is 0 Å². The van der Waals surface area contributed by atoms with Crippen LogP contribution in [0.4, 0.5) is 0 Å². The first-order valence-corrected chi connectivity index (χ1v) is 6.53. The Labute approximate surface area is 103 Å². The van der Waals surface area contributed by atoms with Gasteiger partial charge in [-0.05, 0) is 53.1 Å². The number of benzene rings is 2. The highest BCUT2D eigenvalue weighted by Crippen LogP contribution is 2.12. The lowest BCUT2D eigenvalue weighted by atomic mass is 9.98. The fraction of sp³-hybridized carbons (Fsp3) is 0.294. The fourth-order valence-electron chi connectivity index (χ4n) is 2.38. The van der Waals surface area contributed by atoms with E-state index in [2.05, 4.69) is 49.4 Å². The van der Waals surface area contributed by atoms with E-state index < -0.39 is 0 Å². The fourth-order valence-corrected chi connectivity index (χ4v) is 2.38. The Bertz CT molecular complexity index is 633. The molecule has 0 saturated carbocycles. The third-order valence-corrected chi connectivity index (χ3v) is 3.26. The molecule has 0 bridgehead atoms. The van der Waals surface area contributed by atoms with Crippen molar-refractivity contribution >= 4 is 22.4 Å². The normalized spacial score (nSPS) is 13.5. The lowest BCUT2D eigenvalue weighted by molar-refractivity contribution is 1.07. The van der Waals surface area contributed by atoms with Gasteiger partial charge in [-0.2, -0.15) is 0 Å². The predicted octanol–water partition coefficient (Wildman–Crippen LogP) is 3.61. The molecule has 1 aliphatic carbocycles. The van der Waals surface area contributed by atoms with E-state index in [4.69, 9.17) is 0 Å². The lowest BCUT2D eigenvalue weighted by Gasteiger charge is -2.07. The van der Waals surface area contributed by atoms with Gasteiger partial charge in [-0.1, -0.05) is 49.8 Å². The van der Waals surface area contributed by atoms with Gasteiger partial charge in [-0.25, -0.2) is 0 Å². The number of hydrogen-bond donors (Lipinski definition) is 0. The summed E-state index contributed by atoms with van der Waals surface area (Å²) in [6.45, 7) is 6.25. The van der Waals surface area contributed by atoms with E-state index in [0.717, 1.165) is 0 Å². The summed E-state index contributed by atoms with van der Waals surface area (Å²) in [6, 6.07) is 13.2. The Balaban J connectivity index is 0.000000514.